The number of rotatable bonds is 2. The molecule has 9 heteroatoms. The van der Waals surface area contributed by atoms with Gasteiger partial charge in [0.15, 0.2) is 5.75 Å². The standard InChI is InChI=1S/C13H8F3NO3S2/c1-7-5-17-6-10-11(7)8-3-2-4-9(12(8)21-10)20-22(18,19)13(14,15)16/h2-6H,1H3. The molecule has 0 spiro atoms. The predicted octanol–water partition coefficient (Wildman–Crippen LogP) is 3.99. The van der Waals surface area contributed by atoms with E-state index in [0.717, 1.165) is 27.0 Å². The van der Waals surface area contributed by atoms with E-state index in [1.807, 2.05) is 6.92 Å². The van der Waals surface area contributed by atoms with Gasteiger partial charge in [0, 0.05) is 23.2 Å². The van der Waals surface area contributed by atoms with Crippen molar-refractivity contribution < 1.29 is 25.8 Å². The first-order chi connectivity index (χ1) is 10.2. The number of fused-ring (bicyclic) bond motifs is 3. The topological polar surface area (TPSA) is 56.3 Å². The number of pyridine rings is 1. The molecule has 4 nitrogen and oxygen atoms in total. The van der Waals surface area contributed by atoms with Crippen molar-refractivity contribution >= 4 is 41.6 Å². The van der Waals surface area contributed by atoms with Crippen molar-refractivity contribution in [3.05, 3.63) is 36.2 Å². The zero-order chi connectivity index (χ0) is 16.1. The number of alkyl halides is 3. The van der Waals surface area contributed by atoms with Crippen LogP contribution in [0.1, 0.15) is 5.56 Å². The molecular weight excluding hydrogens is 339 g/mol. The van der Waals surface area contributed by atoms with Crippen LogP contribution < -0.4 is 4.18 Å². The van der Waals surface area contributed by atoms with Crippen LogP contribution in [0.15, 0.2) is 30.6 Å². The van der Waals surface area contributed by atoms with Gasteiger partial charge in [-0.15, -0.1) is 11.3 Å². The van der Waals surface area contributed by atoms with Crippen molar-refractivity contribution in [2.75, 3.05) is 0 Å². The minimum atomic E-state index is -5.70. The van der Waals surface area contributed by atoms with Gasteiger partial charge >= 0.3 is 15.6 Å². The Kier molecular flexibility index (Phi) is 3.29. The van der Waals surface area contributed by atoms with Gasteiger partial charge in [0.05, 0.1) is 9.40 Å². The molecule has 22 heavy (non-hydrogen) atoms. The molecule has 0 aliphatic heterocycles. The molecular formula is C13H8F3NO3S2. The Bertz CT molecular complexity index is 977. The van der Waals surface area contributed by atoms with Crippen molar-refractivity contribution in [2.45, 2.75) is 12.4 Å². The third-order valence-corrected chi connectivity index (χ3v) is 5.16. The number of benzene rings is 1. The number of hydrogen-bond acceptors (Lipinski definition) is 5. The van der Waals surface area contributed by atoms with E-state index in [1.54, 1.807) is 18.5 Å². The lowest BCUT2D eigenvalue weighted by Crippen LogP contribution is -2.28. The fourth-order valence-corrected chi connectivity index (χ4v) is 3.84. The molecule has 0 fully saturated rings. The molecule has 0 radical (unpaired) electrons. The first-order valence-corrected chi connectivity index (χ1v) is 8.20. The van der Waals surface area contributed by atoms with Crippen LogP contribution >= 0.6 is 11.3 Å². The molecule has 0 aliphatic carbocycles. The molecule has 0 saturated carbocycles. The van der Waals surface area contributed by atoms with Crippen LogP contribution in [0.5, 0.6) is 5.75 Å². The zero-order valence-electron chi connectivity index (χ0n) is 11.0. The summed E-state index contributed by atoms with van der Waals surface area (Å²) >= 11 is 1.13. The fourth-order valence-electron chi connectivity index (χ4n) is 2.12. The average molecular weight is 347 g/mol. The lowest BCUT2D eigenvalue weighted by atomic mass is 10.1. The third kappa shape index (κ3) is 2.30. The van der Waals surface area contributed by atoms with Crippen molar-refractivity contribution in [3.8, 4) is 5.75 Å². The summed E-state index contributed by atoms with van der Waals surface area (Å²) in [6.07, 6.45) is 3.21. The minimum absolute atomic E-state index is 0.335. The molecule has 0 amide bonds. The molecule has 2 aromatic heterocycles. The summed E-state index contributed by atoms with van der Waals surface area (Å²) in [6.45, 7) is 1.82. The quantitative estimate of drug-likeness (QED) is 0.520. The molecule has 1 aromatic carbocycles. The van der Waals surface area contributed by atoms with E-state index in [-0.39, 0.29) is 5.75 Å². The second-order valence-electron chi connectivity index (χ2n) is 4.55. The van der Waals surface area contributed by atoms with Crippen LogP contribution in [0, 0.1) is 6.92 Å². The summed E-state index contributed by atoms with van der Waals surface area (Å²) in [5.41, 5.74) is -4.62. The van der Waals surface area contributed by atoms with Gasteiger partial charge in [-0.05, 0) is 18.6 Å². The largest absolute Gasteiger partial charge is 0.534 e. The molecule has 0 bridgehead atoms. The minimum Gasteiger partial charge on any atom is -0.374 e. The Morgan fingerprint density at radius 2 is 1.95 bits per heavy atom. The van der Waals surface area contributed by atoms with Crippen LogP contribution in [0.25, 0.3) is 20.2 Å². The van der Waals surface area contributed by atoms with Gasteiger partial charge in [-0.3, -0.25) is 4.98 Å². The summed E-state index contributed by atoms with van der Waals surface area (Å²) < 4.78 is 65.2. The van der Waals surface area contributed by atoms with Crippen molar-refractivity contribution in [3.63, 3.8) is 0 Å². The van der Waals surface area contributed by atoms with Gasteiger partial charge in [-0.1, -0.05) is 12.1 Å². The van der Waals surface area contributed by atoms with Crippen molar-refractivity contribution in [2.24, 2.45) is 0 Å². The lowest BCUT2D eigenvalue weighted by molar-refractivity contribution is -0.0499. The average Bonchev–Trinajstić information content (AvgIpc) is 2.78. The second-order valence-corrected chi connectivity index (χ2v) is 7.14. The number of hydrogen-bond donors (Lipinski definition) is 0. The van der Waals surface area contributed by atoms with Crippen LogP contribution in [0.2, 0.25) is 0 Å². The molecule has 0 saturated heterocycles. The Labute approximate surface area is 127 Å². The number of aromatic nitrogens is 1. The maximum atomic E-state index is 12.5. The normalized spacial score (nSPS) is 12.9. The SMILES string of the molecule is Cc1cncc2sc3c(OS(=O)(=O)C(F)(F)F)cccc3c12. The van der Waals surface area contributed by atoms with E-state index in [1.165, 1.54) is 12.1 Å². The van der Waals surface area contributed by atoms with Crippen LogP contribution in [0.4, 0.5) is 13.2 Å². The van der Waals surface area contributed by atoms with Gasteiger partial charge in [0.2, 0.25) is 0 Å². The third-order valence-electron chi connectivity index (χ3n) is 3.04. The van der Waals surface area contributed by atoms with Gasteiger partial charge in [0.25, 0.3) is 0 Å². The highest BCUT2D eigenvalue weighted by Gasteiger charge is 2.48. The Balaban J connectivity index is 2.25. The van der Waals surface area contributed by atoms with E-state index < -0.39 is 15.6 Å². The molecule has 116 valence electrons. The van der Waals surface area contributed by atoms with Crippen molar-refractivity contribution in [1.29, 1.82) is 0 Å². The molecule has 0 atom stereocenters. The summed E-state index contributed by atoms with van der Waals surface area (Å²) in [4.78, 5) is 4.02. The van der Waals surface area contributed by atoms with E-state index in [9.17, 15) is 21.6 Å². The van der Waals surface area contributed by atoms with E-state index >= 15 is 0 Å². The zero-order valence-corrected chi connectivity index (χ0v) is 12.6. The number of thiophene rings is 1. The van der Waals surface area contributed by atoms with E-state index in [0.29, 0.717) is 10.1 Å². The summed E-state index contributed by atoms with van der Waals surface area (Å²) in [5.74, 6) is -0.338. The molecule has 2 heterocycles. The highest BCUT2D eigenvalue weighted by Crippen LogP contribution is 2.41. The number of halogens is 3. The summed E-state index contributed by atoms with van der Waals surface area (Å²) in [5, 5.41) is 1.46. The van der Waals surface area contributed by atoms with Crippen LogP contribution in [-0.2, 0) is 10.1 Å². The predicted molar refractivity (Wildman–Crippen MR) is 77.5 cm³/mol. The summed E-state index contributed by atoms with van der Waals surface area (Å²) in [7, 11) is -5.70. The first-order valence-electron chi connectivity index (χ1n) is 5.97. The van der Waals surface area contributed by atoms with Crippen LogP contribution in [0.3, 0.4) is 0 Å². The second kappa shape index (κ2) is 4.82. The smallest absolute Gasteiger partial charge is 0.374 e. The Hall–Kier alpha value is -1.87. The van der Waals surface area contributed by atoms with Gasteiger partial charge < -0.3 is 4.18 Å². The molecule has 0 N–H and O–H groups in total. The first kappa shape index (κ1) is 15.0. The van der Waals surface area contributed by atoms with Gasteiger partial charge in [0.1, 0.15) is 0 Å². The molecule has 0 aliphatic rings. The maximum absolute atomic E-state index is 12.5. The molecule has 3 aromatic rings. The van der Waals surface area contributed by atoms with Crippen molar-refractivity contribution in [1.82, 2.24) is 4.98 Å². The Morgan fingerprint density at radius 1 is 1.23 bits per heavy atom. The monoisotopic (exact) mass is 347 g/mol. The fraction of sp³-hybridized carbons (Fsp3) is 0.154. The summed E-state index contributed by atoms with van der Waals surface area (Å²) in [6, 6.07) is 4.35. The highest BCUT2D eigenvalue weighted by molar-refractivity contribution is 7.88. The number of nitrogens with zero attached hydrogens (tertiary/aromatic N) is 1. The van der Waals surface area contributed by atoms with E-state index in [2.05, 4.69) is 9.17 Å². The molecule has 0 unspecified atom stereocenters. The van der Waals surface area contributed by atoms with E-state index in [4.69, 9.17) is 0 Å². The van der Waals surface area contributed by atoms with Crippen LogP contribution in [-0.4, -0.2) is 18.9 Å². The lowest BCUT2D eigenvalue weighted by Gasteiger charge is -2.09. The molecule has 3 rings (SSSR count). The van der Waals surface area contributed by atoms with Gasteiger partial charge in [-0.2, -0.15) is 21.6 Å². The van der Waals surface area contributed by atoms with Gasteiger partial charge in [-0.25, -0.2) is 0 Å². The Morgan fingerprint density at radius 3 is 2.64 bits per heavy atom. The maximum Gasteiger partial charge on any atom is 0.534 e. The number of aryl methyl sites for hydroxylation is 1. The highest BCUT2D eigenvalue weighted by atomic mass is 32.2.